The molecule has 2 rings (SSSR count). The number of nitrogens with one attached hydrogen (secondary N) is 1. The molecule has 0 saturated carbocycles. The lowest BCUT2D eigenvalue weighted by atomic mass is 10.2. The minimum absolute atomic E-state index is 0.226. The Bertz CT molecular complexity index is 551. The van der Waals surface area contributed by atoms with Crippen molar-refractivity contribution < 1.29 is 8.42 Å². The standard InChI is InChI=1S/C12H15NO2S3/c1-8-3-5-10(6-4-8)18(14,15)11-7-9(2)17-12(16)13-11/h3-6,9,11H,7H2,1-2H3,(H,13,16)/t9-,11+/m0/s1. The van der Waals surface area contributed by atoms with Crippen molar-refractivity contribution in [2.24, 2.45) is 0 Å². The molecule has 3 nitrogen and oxygen atoms in total. The Labute approximate surface area is 117 Å². The molecule has 18 heavy (non-hydrogen) atoms. The molecule has 1 aliphatic heterocycles. The minimum atomic E-state index is -3.36. The van der Waals surface area contributed by atoms with Gasteiger partial charge in [-0.25, -0.2) is 8.42 Å². The summed E-state index contributed by atoms with van der Waals surface area (Å²) in [7, 11) is -3.36. The molecule has 1 N–H and O–H groups in total. The van der Waals surface area contributed by atoms with Gasteiger partial charge in [-0.15, -0.1) is 0 Å². The van der Waals surface area contributed by atoms with Crippen LogP contribution >= 0.6 is 24.0 Å². The van der Waals surface area contributed by atoms with E-state index >= 15 is 0 Å². The number of thiocarbonyl (C=S) groups is 1. The number of hydrogen-bond donors (Lipinski definition) is 1. The van der Waals surface area contributed by atoms with E-state index in [0.717, 1.165) is 5.56 Å². The Morgan fingerprint density at radius 1 is 1.33 bits per heavy atom. The summed E-state index contributed by atoms with van der Waals surface area (Å²) < 4.78 is 25.5. The Hall–Kier alpha value is -0.590. The van der Waals surface area contributed by atoms with Gasteiger partial charge < -0.3 is 5.32 Å². The molecule has 1 aromatic rings. The predicted octanol–water partition coefficient (Wildman–Crippen LogP) is 2.49. The van der Waals surface area contributed by atoms with E-state index in [9.17, 15) is 8.42 Å². The normalized spacial score (nSPS) is 24.7. The van der Waals surface area contributed by atoms with Crippen molar-refractivity contribution in [3.8, 4) is 0 Å². The first-order valence-corrected chi connectivity index (χ1v) is 8.51. The molecule has 2 atom stereocenters. The van der Waals surface area contributed by atoms with Gasteiger partial charge in [0.05, 0.1) is 4.90 Å². The average molecular weight is 301 g/mol. The molecule has 98 valence electrons. The maximum atomic E-state index is 12.5. The summed E-state index contributed by atoms with van der Waals surface area (Å²) in [5.74, 6) is 0. The van der Waals surface area contributed by atoms with Crippen molar-refractivity contribution in [3.05, 3.63) is 29.8 Å². The van der Waals surface area contributed by atoms with Crippen molar-refractivity contribution in [3.63, 3.8) is 0 Å². The number of thioether (sulfide) groups is 1. The zero-order valence-corrected chi connectivity index (χ0v) is 12.7. The minimum Gasteiger partial charge on any atom is -0.354 e. The van der Waals surface area contributed by atoms with Gasteiger partial charge in [0.25, 0.3) is 0 Å². The van der Waals surface area contributed by atoms with Crippen LogP contribution < -0.4 is 5.32 Å². The smallest absolute Gasteiger partial charge is 0.199 e. The zero-order valence-electron chi connectivity index (χ0n) is 10.2. The summed E-state index contributed by atoms with van der Waals surface area (Å²) in [5.41, 5.74) is 1.05. The Kier molecular flexibility index (Phi) is 3.99. The molecule has 1 fully saturated rings. The van der Waals surface area contributed by atoms with Crippen LogP contribution in [0.15, 0.2) is 29.2 Å². The van der Waals surface area contributed by atoms with Gasteiger partial charge in [-0.1, -0.05) is 48.6 Å². The van der Waals surface area contributed by atoms with E-state index < -0.39 is 15.2 Å². The maximum Gasteiger partial charge on any atom is 0.199 e. The van der Waals surface area contributed by atoms with Gasteiger partial charge in [0, 0.05) is 5.25 Å². The van der Waals surface area contributed by atoms with Gasteiger partial charge in [-0.3, -0.25) is 0 Å². The summed E-state index contributed by atoms with van der Waals surface area (Å²) in [6, 6.07) is 6.93. The Balaban J connectivity index is 2.30. The summed E-state index contributed by atoms with van der Waals surface area (Å²) in [4.78, 5) is 0.354. The van der Waals surface area contributed by atoms with Crippen LogP contribution in [-0.2, 0) is 9.84 Å². The lowest BCUT2D eigenvalue weighted by Gasteiger charge is -2.28. The molecule has 0 amide bonds. The third-order valence-corrected chi connectivity index (χ3v) is 6.18. The first-order chi connectivity index (χ1) is 8.39. The highest BCUT2D eigenvalue weighted by Crippen LogP contribution is 2.28. The van der Waals surface area contributed by atoms with E-state index in [1.54, 1.807) is 12.1 Å². The van der Waals surface area contributed by atoms with E-state index in [1.165, 1.54) is 11.8 Å². The monoisotopic (exact) mass is 301 g/mol. The first-order valence-electron chi connectivity index (χ1n) is 5.67. The molecule has 0 unspecified atom stereocenters. The van der Waals surface area contributed by atoms with E-state index in [-0.39, 0.29) is 5.25 Å². The third kappa shape index (κ3) is 2.87. The number of benzene rings is 1. The Morgan fingerprint density at radius 3 is 2.50 bits per heavy atom. The summed E-state index contributed by atoms with van der Waals surface area (Å²) in [5, 5.41) is 2.53. The van der Waals surface area contributed by atoms with Crippen LogP contribution in [0.5, 0.6) is 0 Å². The fourth-order valence-corrected chi connectivity index (χ4v) is 5.28. The highest BCUT2D eigenvalue weighted by atomic mass is 32.2. The van der Waals surface area contributed by atoms with Gasteiger partial charge in [-0.2, -0.15) is 0 Å². The summed E-state index contributed by atoms with van der Waals surface area (Å²) in [6.07, 6.45) is 0.570. The van der Waals surface area contributed by atoms with Gasteiger partial charge in [0.1, 0.15) is 9.69 Å². The highest BCUT2D eigenvalue weighted by molar-refractivity contribution is 8.23. The SMILES string of the molecule is Cc1ccc(S(=O)(=O)[C@@H]2C[C@H](C)SC(=S)N2)cc1. The first kappa shape index (κ1) is 13.8. The van der Waals surface area contributed by atoms with Crippen LogP contribution in [0, 0.1) is 6.92 Å². The second-order valence-corrected chi connectivity index (χ2v) is 8.69. The summed E-state index contributed by atoms with van der Waals surface area (Å²) in [6.45, 7) is 3.93. The van der Waals surface area contributed by atoms with Crippen molar-refractivity contribution in [2.75, 3.05) is 0 Å². The molecule has 0 aromatic heterocycles. The fourth-order valence-electron chi connectivity index (χ4n) is 1.85. The van der Waals surface area contributed by atoms with Crippen molar-refractivity contribution in [2.45, 2.75) is 35.8 Å². The molecule has 1 aliphatic rings. The molecule has 0 bridgehead atoms. The lowest BCUT2D eigenvalue weighted by Crippen LogP contribution is -2.44. The molecule has 1 aromatic carbocycles. The van der Waals surface area contributed by atoms with Crippen LogP contribution in [0.4, 0.5) is 0 Å². The quantitative estimate of drug-likeness (QED) is 0.850. The molecule has 1 heterocycles. The number of sulfone groups is 1. The number of rotatable bonds is 2. The highest BCUT2D eigenvalue weighted by Gasteiger charge is 2.33. The van der Waals surface area contributed by atoms with Gasteiger partial charge in [0.15, 0.2) is 9.84 Å². The predicted molar refractivity (Wildman–Crippen MR) is 79.6 cm³/mol. The van der Waals surface area contributed by atoms with Crippen LogP contribution in [0.1, 0.15) is 18.9 Å². The average Bonchev–Trinajstić information content (AvgIpc) is 2.28. The zero-order chi connectivity index (χ0) is 13.3. The number of hydrogen-bond acceptors (Lipinski definition) is 4. The topological polar surface area (TPSA) is 46.2 Å². The van der Waals surface area contributed by atoms with Crippen molar-refractivity contribution >= 4 is 38.1 Å². The van der Waals surface area contributed by atoms with Crippen molar-refractivity contribution in [1.29, 1.82) is 0 Å². The van der Waals surface area contributed by atoms with Gasteiger partial charge >= 0.3 is 0 Å². The van der Waals surface area contributed by atoms with Crippen LogP contribution in [0.2, 0.25) is 0 Å². The van der Waals surface area contributed by atoms with E-state index in [4.69, 9.17) is 12.2 Å². The second kappa shape index (κ2) is 5.19. The van der Waals surface area contributed by atoms with E-state index in [0.29, 0.717) is 15.6 Å². The Morgan fingerprint density at radius 2 is 1.94 bits per heavy atom. The second-order valence-electron chi connectivity index (χ2n) is 4.44. The number of aryl methyl sites for hydroxylation is 1. The van der Waals surface area contributed by atoms with E-state index in [2.05, 4.69) is 5.32 Å². The molecule has 0 aliphatic carbocycles. The molecule has 0 radical (unpaired) electrons. The van der Waals surface area contributed by atoms with Crippen LogP contribution in [0.25, 0.3) is 0 Å². The molecular weight excluding hydrogens is 286 g/mol. The largest absolute Gasteiger partial charge is 0.354 e. The van der Waals surface area contributed by atoms with Crippen molar-refractivity contribution in [1.82, 2.24) is 5.32 Å². The molecule has 6 heteroatoms. The maximum absolute atomic E-state index is 12.5. The third-order valence-electron chi connectivity index (χ3n) is 2.86. The van der Waals surface area contributed by atoms with E-state index in [1.807, 2.05) is 26.0 Å². The van der Waals surface area contributed by atoms with Gasteiger partial charge in [0.2, 0.25) is 0 Å². The summed E-state index contributed by atoms with van der Waals surface area (Å²) >= 11 is 6.60. The van der Waals surface area contributed by atoms with Crippen LogP contribution in [0.3, 0.4) is 0 Å². The molecule has 0 spiro atoms. The van der Waals surface area contributed by atoms with Gasteiger partial charge in [-0.05, 0) is 25.5 Å². The fraction of sp³-hybridized carbons (Fsp3) is 0.417. The van der Waals surface area contributed by atoms with Crippen LogP contribution in [-0.4, -0.2) is 23.4 Å². The molecule has 1 saturated heterocycles. The lowest BCUT2D eigenvalue weighted by molar-refractivity contribution is 0.561. The molecular formula is C12H15NO2S3.